The minimum Gasteiger partial charge on any atom is -0.406 e. The molecule has 20 heavy (non-hydrogen) atoms. The molecule has 0 aliphatic carbocycles. The maximum atomic E-state index is 12.0. The van der Waals surface area contributed by atoms with Gasteiger partial charge in [-0.05, 0) is 44.0 Å². The molecule has 1 fully saturated rings. The van der Waals surface area contributed by atoms with Crippen LogP contribution in [0.3, 0.4) is 0 Å². The first-order valence-corrected chi connectivity index (χ1v) is 6.56. The maximum Gasteiger partial charge on any atom is 0.573 e. The van der Waals surface area contributed by atoms with Crippen molar-refractivity contribution in [2.45, 2.75) is 38.3 Å². The van der Waals surface area contributed by atoms with Gasteiger partial charge in [-0.3, -0.25) is 0 Å². The molecule has 1 aliphatic rings. The Morgan fingerprint density at radius 2 is 1.95 bits per heavy atom. The number of ether oxygens (including phenoxy) is 2. The highest BCUT2D eigenvalue weighted by Gasteiger charge is 2.31. The van der Waals surface area contributed by atoms with Crippen molar-refractivity contribution in [1.29, 1.82) is 0 Å². The summed E-state index contributed by atoms with van der Waals surface area (Å²) >= 11 is 0. The van der Waals surface area contributed by atoms with Gasteiger partial charge in [0.05, 0.1) is 12.2 Å². The van der Waals surface area contributed by atoms with Gasteiger partial charge in [-0.2, -0.15) is 0 Å². The quantitative estimate of drug-likeness (QED) is 0.923. The van der Waals surface area contributed by atoms with E-state index >= 15 is 0 Å². The molecule has 0 amide bonds. The van der Waals surface area contributed by atoms with E-state index < -0.39 is 6.36 Å². The smallest absolute Gasteiger partial charge is 0.406 e. The van der Waals surface area contributed by atoms with Gasteiger partial charge >= 0.3 is 6.36 Å². The molecule has 0 radical (unpaired) electrons. The molecule has 1 heterocycles. The number of hydrogen-bond acceptors (Lipinski definition) is 3. The molecule has 1 aromatic carbocycles. The van der Waals surface area contributed by atoms with Gasteiger partial charge in [-0.1, -0.05) is 12.1 Å². The molecule has 0 saturated carbocycles. The monoisotopic (exact) mass is 289 g/mol. The van der Waals surface area contributed by atoms with Crippen LogP contribution in [0.15, 0.2) is 24.3 Å². The summed E-state index contributed by atoms with van der Waals surface area (Å²) in [6.07, 6.45) is -2.61. The van der Waals surface area contributed by atoms with Crippen LogP contribution in [0.1, 0.15) is 25.3 Å². The van der Waals surface area contributed by atoms with E-state index in [-0.39, 0.29) is 11.4 Å². The lowest BCUT2D eigenvalue weighted by Crippen LogP contribution is -2.45. The molecule has 1 atom stereocenters. The summed E-state index contributed by atoms with van der Waals surface area (Å²) in [5.41, 5.74) is 0.616. The van der Waals surface area contributed by atoms with Crippen molar-refractivity contribution < 1.29 is 22.6 Å². The second kappa shape index (κ2) is 6.01. The van der Waals surface area contributed by atoms with E-state index in [1.165, 1.54) is 12.1 Å². The standard InChI is InChI=1S/C14H18F3NO2/c1-13(7-2-8-18-10-13)19-9-11-3-5-12(6-4-11)20-14(15,16)17/h3-6,18H,2,7-10H2,1H3. The lowest BCUT2D eigenvalue weighted by molar-refractivity contribution is -0.274. The summed E-state index contributed by atoms with van der Waals surface area (Å²) in [6.45, 7) is 4.22. The summed E-state index contributed by atoms with van der Waals surface area (Å²) in [4.78, 5) is 0. The average molecular weight is 289 g/mol. The van der Waals surface area contributed by atoms with Gasteiger partial charge in [0.1, 0.15) is 5.75 Å². The summed E-state index contributed by atoms with van der Waals surface area (Å²) < 4.78 is 45.8. The number of alkyl halides is 3. The molecule has 1 N–H and O–H groups in total. The normalized spacial score (nSPS) is 23.6. The molecule has 0 bridgehead atoms. The van der Waals surface area contributed by atoms with Crippen molar-refractivity contribution in [3.8, 4) is 5.75 Å². The first kappa shape index (κ1) is 15.1. The van der Waals surface area contributed by atoms with Gasteiger partial charge < -0.3 is 14.8 Å². The molecule has 0 aromatic heterocycles. The van der Waals surface area contributed by atoms with Crippen molar-refractivity contribution in [3.63, 3.8) is 0 Å². The molecule has 1 unspecified atom stereocenters. The summed E-state index contributed by atoms with van der Waals surface area (Å²) in [7, 11) is 0. The fraction of sp³-hybridized carbons (Fsp3) is 0.571. The summed E-state index contributed by atoms with van der Waals surface area (Å²) in [5.74, 6) is -0.216. The van der Waals surface area contributed by atoms with Crippen LogP contribution in [-0.4, -0.2) is 25.1 Å². The van der Waals surface area contributed by atoms with Gasteiger partial charge in [-0.25, -0.2) is 0 Å². The van der Waals surface area contributed by atoms with Crippen LogP contribution in [0.4, 0.5) is 13.2 Å². The topological polar surface area (TPSA) is 30.5 Å². The molecule has 1 aliphatic heterocycles. The van der Waals surface area contributed by atoms with Crippen LogP contribution in [-0.2, 0) is 11.3 Å². The Balaban J connectivity index is 1.87. The van der Waals surface area contributed by atoms with E-state index in [0.717, 1.165) is 31.5 Å². The predicted molar refractivity (Wildman–Crippen MR) is 68.4 cm³/mol. The van der Waals surface area contributed by atoms with Crippen molar-refractivity contribution in [1.82, 2.24) is 5.32 Å². The molecule has 112 valence electrons. The van der Waals surface area contributed by atoms with Gasteiger partial charge in [0.2, 0.25) is 0 Å². The number of nitrogens with one attached hydrogen (secondary N) is 1. The minimum absolute atomic E-state index is 0.209. The molecular weight excluding hydrogens is 271 g/mol. The Kier molecular flexibility index (Phi) is 4.55. The highest BCUT2D eigenvalue weighted by molar-refractivity contribution is 5.27. The molecule has 1 saturated heterocycles. The number of piperidine rings is 1. The van der Waals surface area contributed by atoms with Crippen LogP contribution in [0.5, 0.6) is 5.75 Å². The molecule has 3 nitrogen and oxygen atoms in total. The zero-order chi connectivity index (χ0) is 14.6. The number of hydrogen-bond donors (Lipinski definition) is 1. The Morgan fingerprint density at radius 3 is 2.50 bits per heavy atom. The second-order valence-corrected chi connectivity index (χ2v) is 5.21. The summed E-state index contributed by atoms with van der Waals surface area (Å²) in [6, 6.07) is 5.77. The molecule has 2 rings (SSSR count). The van der Waals surface area contributed by atoms with Gasteiger partial charge in [-0.15, -0.1) is 13.2 Å². The fourth-order valence-electron chi connectivity index (χ4n) is 2.20. The highest BCUT2D eigenvalue weighted by Crippen LogP contribution is 2.25. The first-order valence-electron chi connectivity index (χ1n) is 6.56. The predicted octanol–water partition coefficient (Wildman–Crippen LogP) is 3.24. The van der Waals surface area contributed by atoms with Gasteiger partial charge in [0, 0.05) is 6.54 Å². The van der Waals surface area contributed by atoms with E-state index in [4.69, 9.17) is 4.74 Å². The number of benzene rings is 1. The zero-order valence-electron chi connectivity index (χ0n) is 11.3. The third-order valence-corrected chi connectivity index (χ3v) is 3.30. The van der Waals surface area contributed by atoms with Crippen molar-refractivity contribution in [2.75, 3.05) is 13.1 Å². The Bertz CT molecular complexity index is 425. The Hall–Kier alpha value is -1.27. The van der Waals surface area contributed by atoms with Crippen molar-refractivity contribution in [2.24, 2.45) is 0 Å². The van der Waals surface area contributed by atoms with Crippen LogP contribution in [0, 0.1) is 0 Å². The molecule has 1 aromatic rings. The van der Waals surface area contributed by atoms with Crippen molar-refractivity contribution in [3.05, 3.63) is 29.8 Å². The van der Waals surface area contributed by atoms with Crippen LogP contribution < -0.4 is 10.1 Å². The number of rotatable bonds is 4. The number of halogens is 3. The third kappa shape index (κ3) is 4.68. The lowest BCUT2D eigenvalue weighted by atomic mass is 9.96. The highest BCUT2D eigenvalue weighted by atomic mass is 19.4. The molecular formula is C14H18F3NO2. The van der Waals surface area contributed by atoms with E-state index in [2.05, 4.69) is 10.1 Å². The van der Waals surface area contributed by atoms with Gasteiger partial charge in [0.15, 0.2) is 0 Å². The lowest BCUT2D eigenvalue weighted by Gasteiger charge is -2.34. The maximum absolute atomic E-state index is 12.0. The SMILES string of the molecule is CC1(OCc2ccc(OC(F)(F)F)cc2)CCCNC1. The van der Waals surface area contributed by atoms with Crippen LogP contribution >= 0.6 is 0 Å². The minimum atomic E-state index is -4.65. The third-order valence-electron chi connectivity index (χ3n) is 3.30. The van der Waals surface area contributed by atoms with Crippen molar-refractivity contribution >= 4 is 0 Å². The fourth-order valence-corrected chi connectivity index (χ4v) is 2.20. The Morgan fingerprint density at radius 1 is 1.25 bits per heavy atom. The van der Waals surface area contributed by atoms with Gasteiger partial charge in [0.25, 0.3) is 0 Å². The molecule has 0 spiro atoms. The van der Waals surface area contributed by atoms with Crippen LogP contribution in [0.25, 0.3) is 0 Å². The largest absolute Gasteiger partial charge is 0.573 e. The Labute approximate surface area is 116 Å². The average Bonchev–Trinajstić information content (AvgIpc) is 2.37. The second-order valence-electron chi connectivity index (χ2n) is 5.21. The zero-order valence-corrected chi connectivity index (χ0v) is 11.3. The van der Waals surface area contributed by atoms with Crippen LogP contribution in [0.2, 0.25) is 0 Å². The van der Waals surface area contributed by atoms with E-state index in [9.17, 15) is 13.2 Å². The first-order chi connectivity index (χ1) is 9.36. The van der Waals surface area contributed by atoms with E-state index in [1.807, 2.05) is 6.92 Å². The van der Waals surface area contributed by atoms with E-state index in [0.29, 0.717) is 6.61 Å². The van der Waals surface area contributed by atoms with E-state index in [1.54, 1.807) is 12.1 Å². The molecule has 6 heteroatoms. The summed E-state index contributed by atoms with van der Waals surface area (Å²) in [5, 5.41) is 3.28.